The first kappa shape index (κ1) is 9.91. The van der Waals surface area contributed by atoms with Gasteiger partial charge in [-0.2, -0.15) is 0 Å². The van der Waals surface area contributed by atoms with Crippen molar-refractivity contribution >= 4 is 17.3 Å². The molecule has 5 nitrogen and oxygen atoms in total. The molecule has 0 fully saturated rings. The molecule has 0 aromatic heterocycles. The van der Waals surface area contributed by atoms with Gasteiger partial charge in [-0.3, -0.25) is 15.0 Å². The number of nitrogens with zero attached hydrogens (tertiary/aromatic N) is 1. The highest BCUT2D eigenvalue weighted by atomic mass is 35.5. The van der Waals surface area contributed by atoms with Crippen molar-refractivity contribution in [1.29, 1.82) is 0 Å². The Morgan fingerprint density at radius 3 is 2.85 bits per heavy atom. The Morgan fingerprint density at radius 1 is 1.62 bits per heavy atom. The van der Waals surface area contributed by atoms with Crippen LogP contribution in [0.2, 0.25) is 5.02 Å². The predicted molar refractivity (Wildman–Crippen MR) is 47.1 cm³/mol. The van der Waals surface area contributed by atoms with Crippen LogP contribution in [0.15, 0.2) is 18.2 Å². The molecule has 0 aliphatic heterocycles. The van der Waals surface area contributed by atoms with Crippen LogP contribution in [-0.2, 0) is 11.4 Å². The molecule has 0 atom stereocenters. The molecule has 13 heavy (non-hydrogen) atoms. The second-order valence-corrected chi connectivity index (χ2v) is 2.71. The van der Waals surface area contributed by atoms with E-state index in [4.69, 9.17) is 17.5 Å². The fraction of sp³-hybridized carbons (Fsp3) is 0.143. The summed E-state index contributed by atoms with van der Waals surface area (Å²) >= 11 is 5.71. The molecule has 1 rings (SSSR count). The molecule has 70 valence electrons. The molecular weight excluding hydrogens is 196 g/mol. The van der Waals surface area contributed by atoms with E-state index in [9.17, 15) is 10.1 Å². The number of nitrogens with two attached hydrogens (primary N) is 1. The van der Waals surface area contributed by atoms with Crippen LogP contribution >= 0.6 is 11.6 Å². The first-order chi connectivity index (χ1) is 6.16. The van der Waals surface area contributed by atoms with E-state index in [2.05, 4.69) is 4.84 Å². The molecule has 0 unspecified atom stereocenters. The second-order valence-electron chi connectivity index (χ2n) is 2.31. The predicted octanol–water partition coefficient (Wildman–Crippen LogP) is 1.64. The standard InChI is InChI=1S/C7H7ClN2O3/c8-6-2-1-3-7(10(11)12)5(6)4-13-9/h1-3H,4,9H2. The van der Waals surface area contributed by atoms with Crippen LogP contribution in [0, 0.1) is 10.1 Å². The fourth-order valence-electron chi connectivity index (χ4n) is 0.945. The largest absolute Gasteiger partial charge is 0.300 e. The van der Waals surface area contributed by atoms with E-state index in [1.54, 1.807) is 6.07 Å². The zero-order valence-electron chi connectivity index (χ0n) is 6.57. The Kier molecular flexibility index (Phi) is 3.18. The molecule has 6 heteroatoms. The molecule has 2 N–H and O–H groups in total. The number of benzene rings is 1. The average molecular weight is 203 g/mol. The van der Waals surface area contributed by atoms with Gasteiger partial charge in [-0.15, -0.1) is 0 Å². The van der Waals surface area contributed by atoms with Crippen LogP contribution < -0.4 is 5.90 Å². The maximum atomic E-state index is 10.5. The Labute approximate surface area is 79.2 Å². The molecule has 0 bridgehead atoms. The molecule has 1 aromatic carbocycles. The number of halogens is 1. The van der Waals surface area contributed by atoms with Crippen LogP contribution in [0.3, 0.4) is 0 Å². The molecule has 0 radical (unpaired) electrons. The minimum Gasteiger partial charge on any atom is -0.300 e. The van der Waals surface area contributed by atoms with Gasteiger partial charge in [0.15, 0.2) is 0 Å². The van der Waals surface area contributed by atoms with Gasteiger partial charge in [0.05, 0.1) is 15.5 Å². The first-order valence-electron chi connectivity index (χ1n) is 3.40. The van der Waals surface area contributed by atoms with Gasteiger partial charge in [-0.1, -0.05) is 17.7 Å². The number of nitro benzene ring substituents is 1. The molecule has 0 saturated carbocycles. The molecule has 0 spiro atoms. The summed E-state index contributed by atoms with van der Waals surface area (Å²) in [6.45, 7) is -0.0734. The quantitative estimate of drug-likeness (QED) is 0.597. The highest BCUT2D eigenvalue weighted by molar-refractivity contribution is 6.31. The Bertz CT molecular complexity index is 330. The Morgan fingerprint density at radius 2 is 2.31 bits per heavy atom. The summed E-state index contributed by atoms with van der Waals surface area (Å²) in [5.41, 5.74) is 0.203. The van der Waals surface area contributed by atoms with E-state index < -0.39 is 4.92 Å². The summed E-state index contributed by atoms with van der Waals surface area (Å²) in [5, 5.41) is 10.8. The van der Waals surface area contributed by atoms with Gasteiger partial charge >= 0.3 is 0 Å². The number of nitro groups is 1. The second kappa shape index (κ2) is 4.18. The molecule has 1 aromatic rings. The molecule has 0 aliphatic carbocycles. The Hall–Kier alpha value is -1.17. The zero-order chi connectivity index (χ0) is 9.84. The minimum atomic E-state index is -0.528. The SMILES string of the molecule is NOCc1c(Cl)cccc1[N+](=O)[O-]. The van der Waals surface area contributed by atoms with Crippen molar-refractivity contribution in [3.63, 3.8) is 0 Å². The lowest BCUT2D eigenvalue weighted by Gasteiger charge is -2.02. The van der Waals surface area contributed by atoms with Gasteiger partial charge in [-0.05, 0) is 6.07 Å². The molecule has 0 heterocycles. The maximum Gasteiger partial charge on any atom is 0.276 e. The molecule has 0 amide bonds. The summed E-state index contributed by atoms with van der Waals surface area (Å²) in [5.74, 6) is 4.82. The van der Waals surface area contributed by atoms with Crippen LogP contribution in [0.4, 0.5) is 5.69 Å². The van der Waals surface area contributed by atoms with E-state index in [0.29, 0.717) is 0 Å². The third-order valence-electron chi connectivity index (χ3n) is 1.52. The summed E-state index contributed by atoms with van der Waals surface area (Å²) in [4.78, 5) is 14.3. The maximum absolute atomic E-state index is 10.5. The van der Waals surface area contributed by atoms with Gasteiger partial charge in [0.2, 0.25) is 0 Å². The third kappa shape index (κ3) is 2.15. The highest BCUT2D eigenvalue weighted by Crippen LogP contribution is 2.26. The van der Waals surface area contributed by atoms with Crippen molar-refractivity contribution in [1.82, 2.24) is 0 Å². The summed E-state index contributed by atoms with van der Waals surface area (Å²) in [6, 6.07) is 4.39. The smallest absolute Gasteiger partial charge is 0.276 e. The van der Waals surface area contributed by atoms with Crippen LogP contribution in [0.5, 0.6) is 0 Å². The van der Waals surface area contributed by atoms with Crippen LogP contribution in [-0.4, -0.2) is 4.92 Å². The normalized spacial score (nSPS) is 10.0. The number of rotatable bonds is 3. The van der Waals surface area contributed by atoms with Crippen molar-refractivity contribution in [3.8, 4) is 0 Å². The van der Waals surface area contributed by atoms with Crippen LogP contribution in [0.1, 0.15) is 5.56 Å². The number of hydrogen-bond donors (Lipinski definition) is 1. The van der Waals surface area contributed by atoms with E-state index in [0.717, 1.165) is 0 Å². The van der Waals surface area contributed by atoms with Crippen molar-refractivity contribution in [2.75, 3.05) is 0 Å². The van der Waals surface area contributed by atoms with E-state index in [1.807, 2.05) is 0 Å². The fourth-order valence-corrected chi connectivity index (χ4v) is 1.17. The minimum absolute atomic E-state index is 0.0734. The lowest BCUT2D eigenvalue weighted by Crippen LogP contribution is -2.03. The summed E-state index contributed by atoms with van der Waals surface area (Å²) in [6.07, 6.45) is 0. The molecular formula is C7H7ClN2O3. The third-order valence-corrected chi connectivity index (χ3v) is 1.87. The monoisotopic (exact) mass is 202 g/mol. The van der Waals surface area contributed by atoms with Crippen molar-refractivity contribution < 1.29 is 9.76 Å². The Balaban J connectivity index is 3.17. The van der Waals surface area contributed by atoms with E-state index >= 15 is 0 Å². The summed E-state index contributed by atoms with van der Waals surface area (Å²) in [7, 11) is 0. The van der Waals surface area contributed by atoms with Crippen molar-refractivity contribution in [2.24, 2.45) is 5.90 Å². The lowest BCUT2D eigenvalue weighted by molar-refractivity contribution is -0.385. The number of hydrogen-bond acceptors (Lipinski definition) is 4. The lowest BCUT2D eigenvalue weighted by atomic mass is 10.2. The van der Waals surface area contributed by atoms with Gasteiger partial charge in [0.25, 0.3) is 5.69 Å². The zero-order valence-corrected chi connectivity index (χ0v) is 7.32. The van der Waals surface area contributed by atoms with Crippen LogP contribution in [0.25, 0.3) is 0 Å². The highest BCUT2D eigenvalue weighted by Gasteiger charge is 2.15. The van der Waals surface area contributed by atoms with Gasteiger partial charge in [0, 0.05) is 6.07 Å². The molecule has 0 aliphatic rings. The van der Waals surface area contributed by atoms with Gasteiger partial charge in [-0.25, -0.2) is 5.90 Å². The van der Waals surface area contributed by atoms with E-state index in [-0.39, 0.29) is 22.9 Å². The topological polar surface area (TPSA) is 78.4 Å². The van der Waals surface area contributed by atoms with Gasteiger partial charge < -0.3 is 0 Å². The molecule has 0 saturated heterocycles. The van der Waals surface area contributed by atoms with Gasteiger partial charge in [0.1, 0.15) is 6.61 Å². The summed E-state index contributed by atoms with van der Waals surface area (Å²) < 4.78 is 0. The first-order valence-corrected chi connectivity index (χ1v) is 3.78. The van der Waals surface area contributed by atoms with E-state index in [1.165, 1.54) is 12.1 Å². The van der Waals surface area contributed by atoms with Crippen molar-refractivity contribution in [2.45, 2.75) is 6.61 Å². The average Bonchev–Trinajstić information content (AvgIpc) is 2.08. The van der Waals surface area contributed by atoms with Crippen molar-refractivity contribution in [3.05, 3.63) is 38.9 Å².